The van der Waals surface area contributed by atoms with E-state index in [9.17, 15) is 10.1 Å². The van der Waals surface area contributed by atoms with Crippen LogP contribution in [0.15, 0.2) is 18.2 Å². The lowest BCUT2D eigenvalue weighted by Crippen LogP contribution is -2.35. The summed E-state index contributed by atoms with van der Waals surface area (Å²) in [5.41, 5.74) is 0.600. The zero-order chi connectivity index (χ0) is 13.7. The van der Waals surface area contributed by atoms with Gasteiger partial charge in [0, 0.05) is 25.2 Å². The summed E-state index contributed by atoms with van der Waals surface area (Å²) in [7, 11) is 3.98. The van der Waals surface area contributed by atoms with Gasteiger partial charge in [0.15, 0.2) is 0 Å². The van der Waals surface area contributed by atoms with E-state index < -0.39 is 4.92 Å². The van der Waals surface area contributed by atoms with Gasteiger partial charge >= 0.3 is 0 Å². The van der Waals surface area contributed by atoms with Crippen LogP contribution in [-0.4, -0.2) is 36.5 Å². The van der Waals surface area contributed by atoms with E-state index in [-0.39, 0.29) is 5.69 Å². The zero-order valence-corrected chi connectivity index (χ0v) is 11.6. The Labute approximate surface area is 112 Å². The fraction of sp³-hybridized carbons (Fsp3) is 0.500. The molecule has 100 valence electrons. The van der Waals surface area contributed by atoms with Crippen molar-refractivity contribution in [2.75, 3.05) is 20.6 Å². The summed E-state index contributed by atoms with van der Waals surface area (Å²) in [6.45, 7) is 3.22. The number of hydrogen-bond donors (Lipinski definition) is 1. The maximum atomic E-state index is 10.9. The molecule has 18 heavy (non-hydrogen) atoms. The third kappa shape index (κ3) is 3.94. The fourth-order valence-corrected chi connectivity index (χ4v) is 1.72. The summed E-state index contributed by atoms with van der Waals surface area (Å²) in [4.78, 5) is 12.6. The van der Waals surface area contributed by atoms with Crippen LogP contribution in [-0.2, 0) is 6.54 Å². The van der Waals surface area contributed by atoms with Crippen LogP contribution in [0.2, 0.25) is 5.02 Å². The molecule has 0 aromatic heterocycles. The second-order valence-corrected chi connectivity index (χ2v) is 4.85. The summed E-state index contributed by atoms with van der Waals surface area (Å²) >= 11 is 6.00. The van der Waals surface area contributed by atoms with E-state index in [1.807, 2.05) is 14.1 Å². The molecule has 1 N–H and O–H groups in total. The maximum Gasteiger partial charge on any atom is 0.275 e. The lowest BCUT2D eigenvalue weighted by atomic mass is 10.1. The Morgan fingerprint density at radius 1 is 1.50 bits per heavy atom. The second-order valence-electron chi connectivity index (χ2n) is 4.44. The number of benzene rings is 1. The first-order valence-electron chi connectivity index (χ1n) is 5.72. The molecule has 6 heteroatoms. The number of likely N-dealkylation sites (N-methyl/N-ethyl adjacent to an activating group) is 1. The van der Waals surface area contributed by atoms with Crippen molar-refractivity contribution in [1.82, 2.24) is 10.2 Å². The van der Waals surface area contributed by atoms with Gasteiger partial charge in [0.1, 0.15) is 0 Å². The molecule has 1 aromatic rings. The first-order chi connectivity index (χ1) is 8.43. The van der Waals surface area contributed by atoms with Gasteiger partial charge in [-0.2, -0.15) is 0 Å². The monoisotopic (exact) mass is 271 g/mol. The first-order valence-corrected chi connectivity index (χ1v) is 6.10. The van der Waals surface area contributed by atoms with Crippen molar-refractivity contribution in [2.45, 2.75) is 19.5 Å². The maximum absolute atomic E-state index is 10.9. The van der Waals surface area contributed by atoms with Gasteiger partial charge in [0.05, 0.1) is 15.5 Å². The largest absolute Gasteiger partial charge is 0.311 e. The molecule has 0 heterocycles. The zero-order valence-electron chi connectivity index (χ0n) is 10.8. The Kier molecular flexibility index (Phi) is 5.53. The van der Waals surface area contributed by atoms with E-state index in [0.717, 1.165) is 6.54 Å². The molecule has 0 amide bonds. The Bertz CT molecular complexity index is 424. The Hall–Kier alpha value is -1.17. The number of hydrogen-bond acceptors (Lipinski definition) is 4. The van der Waals surface area contributed by atoms with Crippen LogP contribution >= 0.6 is 11.6 Å². The van der Waals surface area contributed by atoms with Crippen LogP contribution in [0.5, 0.6) is 0 Å². The predicted molar refractivity (Wildman–Crippen MR) is 73.0 cm³/mol. The van der Waals surface area contributed by atoms with E-state index >= 15 is 0 Å². The molecular formula is C12H18ClN3O2. The molecule has 0 aliphatic carbocycles. The lowest BCUT2D eigenvalue weighted by molar-refractivity contribution is -0.385. The standard InChI is InChI=1S/C12H18ClN3O2/c1-9(15(2)3)7-14-8-10-11(13)5-4-6-12(10)16(17)18/h4-6,9,14H,7-8H2,1-3H3. The van der Waals surface area contributed by atoms with Gasteiger partial charge in [-0.05, 0) is 27.1 Å². The highest BCUT2D eigenvalue weighted by atomic mass is 35.5. The first kappa shape index (κ1) is 14.9. The number of nitrogens with zero attached hydrogens (tertiary/aromatic N) is 2. The minimum atomic E-state index is -0.404. The molecule has 0 aliphatic heterocycles. The fourth-order valence-electron chi connectivity index (χ4n) is 1.48. The van der Waals surface area contributed by atoms with Crippen LogP contribution in [0.3, 0.4) is 0 Å². The molecule has 5 nitrogen and oxygen atoms in total. The molecule has 0 fully saturated rings. The third-order valence-electron chi connectivity index (χ3n) is 2.91. The van der Waals surface area contributed by atoms with E-state index in [2.05, 4.69) is 17.1 Å². The molecule has 0 saturated carbocycles. The van der Waals surface area contributed by atoms with Crippen LogP contribution in [0.4, 0.5) is 5.69 Å². The smallest absolute Gasteiger partial charge is 0.275 e. The molecule has 1 unspecified atom stereocenters. The van der Waals surface area contributed by atoms with Crippen molar-refractivity contribution in [3.63, 3.8) is 0 Å². The highest BCUT2D eigenvalue weighted by Gasteiger charge is 2.16. The van der Waals surface area contributed by atoms with E-state index in [0.29, 0.717) is 23.2 Å². The number of nitro benzene ring substituents is 1. The van der Waals surface area contributed by atoms with Crippen molar-refractivity contribution >= 4 is 17.3 Å². The quantitative estimate of drug-likeness (QED) is 0.637. The van der Waals surface area contributed by atoms with Gasteiger partial charge in [0.25, 0.3) is 5.69 Å². The lowest BCUT2D eigenvalue weighted by Gasteiger charge is -2.20. The highest BCUT2D eigenvalue weighted by molar-refractivity contribution is 6.31. The van der Waals surface area contributed by atoms with E-state index in [1.54, 1.807) is 12.1 Å². The van der Waals surface area contributed by atoms with Gasteiger partial charge in [-0.1, -0.05) is 17.7 Å². The summed E-state index contributed by atoms with van der Waals surface area (Å²) in [6, 6.07) is 5.08. The van der Waals surface area contributed by atoms with Crippen molar-refractivity contribution in [1.29, 1.82) is 0 Å². The molecule has 0 aliphatic rings. The van der Waals surface area contributed by atoms with Crippen molar-refractivity contribution < 1.29 is 4.92 Å². The molecule has 0 saturated heterocycles. The van der Waals surface area contributed by atoms with Gasteiger partial charge in [-0.3, -0.25) is 10.1 Å². The average molecular weight is 272 g/mol. The molecule has 1 aromatic carbocycles. The van der Waals surface area contributed by atoms with E-state index in [4.69, 9.17) is 11.6 Å². The topological polar surface area (TPSA) is 58.4 Å². The molecule has 1 atom stereocenters. The van der Waals surface area contributed by atoms with Gasteiger partial charge in [-0.15, -0.1) is 0 Å². The number of nitro groups is 1. The number of halogens is 1. The SMILES string of the molecule is CC(CNCc1c(Cl)cccc1[N+](=O)[O-])N(C)C. The van der Waals surface area contributed by atoms with Crippen LogP contribution in [0.1, 0.15) is 12.5 Å². The number of rotatable bonds is 6. The normalized spacial score (nSPS) is 12.7. The van der Waals surface area contributed by atoms with Crippen molar-refractivity contribution in [2.24, 2.45) is 0 Å². The summed E-state index contributed by atoms with van der Waals surface area (Å²) in [5.74, 6) is 0. The highest BCUT2D eigenvalue weighted by Crippen LogP contribution is 2.25. The van der Waals surface area contributed by atoms with Crippen LogP contribution < -0.4 is 5.32 Å². The second kappa shape index (κ2) is 6.68. The third-order valence-corrected chi connectivity index (χ3v) is 3.27. The van der Waals surface area contributed by atoms with Gasteiger partial charge < -0.3 is 10.2 Å². The van der Waals surface area contributed by atoms with E-state index in [1.165, 1.54) is 6.07 Å². The Morgan fingerprint density at radius 3 is 2.72 bits per heavy atom. The van der Waals surface area contributed by atoms with Gasteiger partial charge in [0.2, 0.25) is 0 Å². The van der Waals surface area contributed by atoms with Crippen LogP contribution in [0, 0.1) is 10.1 Å². The minimum absolute atomic E-state index is 0.0625. The van der Waals surface area contributed by atoms with Crippen molar-refractivity contribution in [3.8, 4) is 0 Å². The molecule has 0 radical (unpaired) electrons. The molecule has 0 spiro atoms. The summed E-state index contributed by atoms with van der Waals surface area (Å²) in [6.07, 6.45) is 0. The number of nitrogens with one attached hydrogen (secondary N) is 1. The Morgan fingerprint density at radius 2 is 2.17 bits per heavy atom. The molecule has 1 rings (SSSR count). The van der Waals surface area contributed by atoms with Crippen LogP contribution in [0.25, 0.3) is 0 Å². The minimum Gasteiger partial charge on any atom is -0.311 e. The molecular weight excluding hydrogens is 254 g/mol. The predicted octanol–water partition coefficient (Wildman–Crippen LogP) is 2.29. The average Bonchev–Trinajstić information content (AvgIpc) is 2.30. The Balaban J connectivity index is 2.70. The molecule has 0 bridgehead atoms. The summed E-state index contributed by atoms with van der Waals surface area (Å²) < 4.78 is 0. The van der Waals surface area contributed by atoms with Gasteiger partial charge in [-0.25, -0.2) is 0 Å². The van der Waals surface area contributed by atoms with Crippen molar-refractivity contribution in [3.05, 3.63) is 38.9 Å². The summed E-state index contributed by atoms with van der Waals surface area (Å²) in [5, 5.41) is 14.5.